The van der Waals surface area contributed by atoms with E-state index in [4.69, 9.17) is 20.9 Å². The van der Waals surface area contributed by atoms with E-state index in [0.29, 0.717) is 45.7 Å². The molecule has 0 aliphatic rings. The molecule has 9 nitrogen and oxygen atoms in total. The van der Waals surface area contributed by atoms with Crippen LogP contribution >= 0.6 is 0 Å². The summed E-state index contributed by atoms with van der Waals surface area (Å²) in [6, 6.07) is 28.4. The van der Waals surface area contributed by atoms with Crippen molar-refractivity contribution < 1.29 is 24.2 Å². The Kier molecular flexibility index (Phi) is 8.15. The molecule has 9 heteroatoms. The summed E-state index contributed by atoms with van der Waals surface area (Å²) in [6.45, 7) is 3.84. The number of aryl methyl sites for hydroxylation is 2. The molecule has 0 aromatic heterocycles. The summed E-state index contributed by atoms with van der Waals surface area (Å²) >= 11 is 0. The molecule has 0 unspecified atom stereocenters. The Balaban J connectivity index is 1.22. The second kappa shape index (κ2) is 12.3. The zero-order chi connectivity index (χ0) is 30.5. The van der Waals surface area contributed by atoms with Gasteiger partial charge in [0.25, 0.3) is 11.8 Å². The van der Waals surface area contributed by atoms with E-state index in [-0.39, 0.29) is 16.9 Å². The van der Waals surface area contributed by atoms with Crippen LogP contribution in [0.15, 0.2) is 103 Å². The maximum atomic E-state index is 13.0. The quantitative estimate of drug-likeness (QED) is 0.122. The smallest absolute Gasteiger partial charge is 0.255 e. The molecule has 0 aliphatic carbocycles. The molecule has 0 heterocycles. The fourth-order valence-corrected chi connectivity index (χ4v) is 4.20. The molecule has 0 radical (unpaired) electrons. The second-order valence-electron chi connectivity index (χ2n) is 9.98. The van der Waals surface area contributed by atoms with Gasteiger partial charge in [0.1, 0.15) is 28.7 Å². The minimum Gasteiger partial charge on any atom is -0.508 e. The molecule has 0 aliphatic heterocycles. The van der Waals surface area contributed by atoms with E-state index in [0.717, 1.165) is 11.1 Å². The molecule has 0 fully saturated rings. The van der Waals surface area contributed by atoms with Crippen molar-refractivity contribution in [3.05, 3.63) is 125 Å². The lowest BCUT2D eigenvalue weighted by molar-refractivity contribution is 0.102. The van der Waals surface area contributed by atoms with Gasteiger partial charge in [-0.2, -0.15) is 0 Å². The number of anilines is 4. The predicted molar refractivity (Wildman–Crippen MR) is 168 cm³/mol. The highest BCUT2D eigenvalue weighted by atomic mass is 16.5. The van der Waals surface area contributed by atoms with Crippen LogP contribution in [0.25, 0.3) is 0 Å². The van der Waals surface area contributed by atoms with Crippen molar-refractivity contribution in [3.63, 3.8) is 0 Å². The number of benzene rings is 5. The summed E-state index contributed by atoms with van der Waals surface area (Å²) in [7, 11) is 0. The first-order valence-electron chi connectivity index (χ1n) is 13.4. The Bertz CT molecular complexity index is 1670. The van der Waals surface area contributed by atoms with Crippen molar-refractivity contribution in [1.29, 1.82) is 0 Å². The van der Waals surface area contributed by atoms with Gasteiger partial charge >= 0.3 is 0 Å². The highest BCUT2D eigenvalue weighted by Gasteiger charge is 2.14. The van der Waals surface area contributed by atoms with Gasteiger partial charge in [-0.3, -0.25) is 9.59 Å². The van der Waals surface area contributed by atoms with Crippen LogP contribution in [0.5, 0.6) is 28.7 Å². The van der Waals surface area contributed by atoms with Gasteiger partial charge in [0, 0.05) is 46.0 Å². The third-order valence-corrected chi connectivity index (χ3v) is 6.55. The van der Waals surface area contributed by atoms with Crippen LogP contribution in [0.2, 0.25) is 0 Å². The van der Waals surface area contributed by atoms with E-state index in [9.17, 15) is 14.7 Å². The molecule has 2 amide bonds. The van der Waals surface area contributed by atoms with Crippen LogP contribution in [-0.2, 0) is 0 Å². The average Bonchev–Trinajstić information content (AvgIpc) is 2.98. The van der Waals surface area contributed by atoms with E-state index in [1.807, 2.05) is 26.0 Å². The van der Waals surface area contributed by atoms with E-state index in [1.165, 1.54) is 18.2 Å². The summed E-state index contributed by atoms with van der Waals surface area (Å²) in [5.41, 5.74) is 16.0. The maximum Gasteiger partial charge on any atom is 0.255 e. The maximum absolute atomic E-state index is 13.0. The fraction of sp³-hybridized carbons (Fsp3) is 0.0588. The Morgan fingerprint density at radius 2 is 0.977 bits per heavy atom. The van der Waals surface area contributed by atoms with Crippen molar-refractivity contribution in [3.8, 4) is 28.7 Å². The molecule has 5 aromatic rings. The van der Waals surface area contributed by atoms with Crippen molar-refractivity contribution in [2.24, 2.45) is 0 Å². The number of hydrogen-bond donors (Lipinski definition) is 5. The zero-order valence-electron chi connectivity index (χ0n) is 23.5. The molecule has 7 N–H and O–H groups in total. The van der Waals surface area contributed by atoms with Crippen molar-refractivity contribution >= 4 is 34.6 Å². The van der Waals surface area contributed by atoms with Crippen LogP contribution in [0.1, 0.15) is 31.8 Å². The molecule has 0 atom stereocenters. The lowest BCUT2D eigenvalue weighted by Crippen LogP contribution is -2.15. The minimum absolute atomic E-state index is 0.113. The minimum atomic E-state index is -0.497. The molecular weight excluding hydrogens is 544 g/mol. The fourth-order valence-electron chi connectivity index (χ4n) is 4.20. The van der Waals surface area contributed by atoms with Crippen LogP contribution < -0.4 is 31.6 Å². The average molecular weight is 575 g/mol. The van der Waals surface area contributed by atoms with Gasteiger partial charge in [0.2, 0.25) is 0 Å². The third kappa shape index (κ3) is 7.22. The Morgan fingerprint density at radius 1 is 0.581 bits per heavy atom. The summed E-state index contributed by atoms with van der Waals surface area (Å²) in [6.07, 6.45) is 0. The van der Waals surface area contributed by atoms with Gasteiger partial charge in [-0.05, 0) is 104 Å². The van der Waals surface area contributed by atoms with E-state index in [1.54, 1.807) is 72.8 Å². The normalized spacial score (nSPS) is 10.6. The zero-order valence-corrected chi connectivity index (χ0v) is 23.5. The summed E-state index contributed by atoms with van der Waals surface area (Å²) in [5, 5.41) is 15.8. The Labute approximate surface area is 248 Å². The number of nitrogen functional groups attached to an aromatic ring is 2. The summed E-state index contributed by atoms with van der Waals surface area (Å²) in [4.78, 5) is 25.9. The van der Waals surface area contributed by atoms with Crippen LogP contribution in [0.3, 0.4) is 0 Å². The monoisotopic (exact) mass is 574 g/mol. The van der Waals surface area contributed by atoms with Crippen molar-refractivity contribution in [1.82, 2.24) is 0 Å². The Morgan fingerprint density at radius 3 is 1.37 bits per heavy atom. The molecule has 0 bridgehead atoms. The molecule has 5 rings (SSSR count). The van der Waals surface area contributed by atoms with Gasteiger partial charge < -0.3 is 36.7 Å². The van der Waals surface area contributed by atoms with Gasteiger partial charge in [0.05, 0.1) is 0 Å². The largest absolute Gasteiger partial charge is 0.508 e. The van der Waals surface area contributed by atoms with E-state index >= 15 is 0 Å². The first-order chi connectivity index (χ1) is 20.6. The van der Waals surface area contributed by atoms with Crippen molar-refractivity contribution in [2.45, 2.75) is 13.8 Å². The lowest BCUT2D eigenvalue weighted by atomic mass is 10.1. The molecule has 0 spiro atoms. The number of amides is 2. The van der Waals surface area contributed by atoms with Gasteiger partial charge in [-0.1, -0.05) is 12.1 Å². The number of rotatable bonds is 8. The lowest BCUT2D eigenvalue weighted by Gasteiger charge is -2.12. The van der Waals surface area contributed by atoms with Crippen LogP contribution in [-0.4, -0.2) is 16.9 Å². The third-order valence-electron chi connectivity index (χ3n) is 6.55. The SMILES string of the molecule is Cc1ccc(N)cc1Oc1ccc(NC(=O)c2cc(O)cc(C(=O)Nc3ccc(Oc4cc(N)ccc4C)cc3)c2)cc1. The molecule has 5 aromatic carbocycles. The van der Waals surface area contributed by atoms with Gasteiger partial charge in [0.15, 0.2) is 0 Å². The number of phenolic OH excluding ortho intramolecular Hbond substituents is 1. The van der Waals surface area contributed by atoms with E-state index < -0.39 is 11.8 Å². The number of nitrogens with one attached hydrogen (secondary N) is 2. The Hall–Kier alpha value is -5.96. The number of ether oxygens (including phenoxy) is 2. The number of nitrogens with two attached hydrogens (primary N) is 2. The molecule has 0 saturated carbocycles. The first kappa shape index (κ1) is 28.6. The number of phenols is 1. The molecular formula is C34H30N4O5. The highest BCUT2D eigenvalue weighted by molar-refractivity contribution is 6.09. The molecule has 43 heavy (non-hydrogen) atoms. The first-order valence-corrected chi connectivity index (χ1v) is 13.4. The number of hydrogen-bond acceptors (Lipinski definition) is 7. The number of carbonyl (C=O) groups excluding carboxylic acids is 2. The highest BCUT2D eigenvalue weighted by Crippen LogP contribution is 2.29. The van der Waals surface area contributed by atoms with Crippen LogP contribution in [0, 0.1) is 13.8 Å². The summed E-state index contributed by atoms with van der Waals surface area (Å²) < 4.78 is 11.8. The standard InChI is InChI=1S/C34H30N4O5/c1-20-3-5-24(35)18-31(20)42-29-11-7-26(8-12-29)37-33(40)22-15-23(17-28(39)16-22)34(41)38-27-9-13-30(14-10-27)43-32-19-25(36)6-4-21(32)2/h3-19,39H,35-36H2,1-2H3,(H,37,40)(H,38,41). The topological polar surface area (TPSA) is 149 Å². The van der Waals surface area contributed by atoms with E-state index in [2.05, 4.69) is 10.6 Å². The van der Waals surface area contributed by atoms with Crippen molar-refractivity contribution in [2.75, 3.05) is 22.1 Å². The second-order valence-corrected chi connectivity index (χ2v) is 9.98. The molecule has 0 saturated heterocycles. The summed E-state index contributed by atoms with van der Waals surface area (Å²) in [5.74, 6) is 1.21. The predicted octanol–water partition coefficient (Wildman–Crippen LogP) is 7.26. The number of carbonyl (C=O) groups is 2. The van der Waals surface area contributed by atoms with Crippen LogP contribution in [0.4, 0.5) is 22.7 Å². The van der Waals surface area contributed by atoms with Gasteiger partial charge in [-0.25, -0.2) is 0 Å². The number of aromatic hydroxyl groups is 1. The molecule has 216 valence electrons. The van der Waals surface area contributed by atoms with Gasteiger partial charge in [-0.15, -0.1) is 0 Å².